The SMILES string of the molecule is CCCOC(=O)c1ccc(NC(=O)COC(=O)[C@@H]2CC(=O)N(c3ccccc3OCC)C2)cc1. The van der Waals surface area contributed by atoms with Crippen molar-refractivity contribution in [3.05, 3.63) is 54.1 Å². The Morgan fingerprint density at radius 1 is 1.03 bits per heavy atom. The summed E-state index contributed by atoms with van der Waals surface area (Å²) >= 11 is 0. The summed E-state index contributed by atoms with van der Waals surface area (Å²) in [7, 11) is 0. The molecule has 0 spiro atoms. The molecule has 0 bridgehead atoms. The van der Waals surface area contributed by atoms with Gasteiger partial charge in [-0.15, -0.1) is 0 Å². The highest BCUT2D eigenvalue weighted by atomic mass is 16.5. The van der Waals surface area contributed by atoms with Gasteiger partial charge in [-0.2, -0.15) is 0 Å². The van der Waals surface area contributed by atoms with Crippen LogP contribution in [-0.2, 0) is 23.9 Å². The minimum Gasteiger partial charge on any atom is -0.492 e. The smallest absolute Gasteiger partial charge is 0.338 e. The Labute approximate surface area is 198 Å². The van der Waals surface area contributed by atoms with Crippen LogP contribution in [-0.4, -0.2) is 50.1 Å². The summed E-state index contributed by atoms with van der Waals surface area (Å²) in [5.74, 6) is -1.90. The summed E-state index contributed by atoms with van der Waals surface area (Å²) in [6, 6.07) is 13.3. The first kappa shape index (κ1) is 24.8. The van der Waals surface area contributed by atoms with Crippen molar-refractivity contribution >= 4 is 35.1 Å². The molecule has 1 N–H and O–H groups in total. The number of nitrogens with one attached hydrogen (secondary N) is 1. The average Bonchev–Trinajstić information content (AvgIpc) is 3.23. The van der Waals surface area contributed by atoms with Crippen LogP contribution in [0.25, 0.3) is 0 Å². The first-order chi connectivity index (χ1) is 16.4. The predicted octanol–water partition coefficient (Wildman–Crippen LogP) is 3.19. The Balaban J connectivity index is 1.50. The molecule has 2 aromatic carbocycles. The Bertz CT molecular complexity index is 1040. The number of benzene rings is 2. The van der Waals surface area contributed by atoms with E-state index in [1.807, 2.05) is 19.9 Å². The van der Waals surface area contributed by atoms with E-state index in [1.165, 1.54) is 4.90 Å². The van der Waals surface area contributed by atoms with Gasteiger partial charge in [-0.05, 0) is 49.7 Å². The maximum atomic E-state index is 12.5. The van der Waals surface area contributed by atoms with Gasteiger partial charge in [-0.25, -0.2) is 4.79 Å². The number of carbonyl (C=O) groups is 4. The van der Waals surface area contributed by atoms with Crippen LogP contribution in [0.1, 0.15) is 37.0 Å². The monoisotopic (exact) mass is 468 g/mol. The molecule has 1 saturated heterocycles. The molecule has 1 aliphatic rings. The van der Waals surface area contributed by atoms with Gasteiger partial charge in [0.1, 0.15) is 5.75 Å². The Hall–Kier alpha value is -3.88. The average molecular weight is 469 g/mol. The fraction of sp³-hybridized carbons (Fsp3) is 0.360. The fourth-order valence-electron chi connectivity index (χ4n) is 3.48. The Kier molecular flexibility index (Phi) is 8.61. The second kappa shape index (κ2) is 11.8. The zero-order valence-electron chi connectivity index (χ0n) is 19.2. The number of hydrogen-bond donors (Lipinski definition) is 1. The molecule has 9 heteroatoms. The Morgan fingerprint density at radius 2 is 1.76 bits per heavy atom. The van der Waals surface area contributed by atoms with Crippen LogP contribution in [0.5, 0.6) is 5.75 Å². The third kappa shape index (κ3) is 6.34. The van der Waals surface area contributed by atoms with Crippen molar-refractivity contribution < 1.29 is 33.4 Å². The van der Waals surface area contributed by atoms with E-state index in [0.29, 0.717) is 35.9 Å². The zero-order valence-corrected chi connectivity index (χ0v) is 19.2. The van der Waals surface area contributed by atoms with Crippen molar-refractivity contribution in [1.29, 1.82) is 0 Å². The van der Waals surface area contributed by atoms with E-state index < -0.39 is 30.4 Å². The molecule has 1 fully saturated rings. The number of para-hydroxylation sites is 2. The lowest BCUT2D eigenvalue weighted by atomic mass is 10.1. The van der Waals surface area contributed by atoms with Crippen molar-refractivity contribution in [2.45, 2.75) is 26.7 Å². The number of carbonyl (C=O) groups excluding carboxylic acids is 4. The summed E-state index contributed by atoms with van der Waals surface area (Å²) < 4.78 is 15.8. The van der Waals surface area contributed by atoms with Gasteiger partial charge in [0.05, 0.1) is 30.4 Å². The normalized spacial score (nSPS) is 15.1. The molecule has 9 nitrogen and oxygen atoms in total. The molecule has 0 radical (unpaired) electrons. The van der Waals surface area contributed by atoms with Crippen molar-refractivity contribution in [3.8, 4) is 5.75 Å². The molecule has 1 aliphatic heterocycles. The van der Waals surface area contributed by atoms with Crippen LogP contribution in [0.3, 0.4) is 0 Å². The van der Waals surface area contributed by atoms with Gasteiger partial charge in [0.2, 0.25) is 5.91 Å². The van der Waals surface area contributed by atoms with E-state index in [1.54, 1.807) is 42.5 Å². The molecule has 0 unspecified atom stereocenters. The number of rotatable bonds is 10. The molecular weight excluding hydrogens is 440 g/mol. The molecule has 34 heavy (non-hydrogen) atoms. The fourth-order valence-corrected chi connectivity index (χ4v) is 3.48. The zero-order chi connectivity index (χ0) is 24.5. The highest BCUT2D eigenvalue weighted by Gasteiger charge is 2.37. The van der Waals surface area contributed by atoms with Gasteiger partial charge in [0.25, 0.3) is 5.91 Å². The number of anilines is 2. The first-order valence-corrected chi connectivity index (χ1v) is 11.2. The highest BCUT2D eigenvalue weighted by molar-refractivity contribution is 6.01. The molecule has 2 aromatic rings. The topological polar surface area (TPSA) is 111 Å². The molecule has 2 amide bonds. The van der Waals surface area contributed by atoms with E-state index in [0.717, 1.165) is 6.42 Å². The lowest BCUT2D eigenvalue weighted by molar-refractivity contribution is -0.151. The predicted molar refractivity (Wildman–Crippen MR) is 125 cm³/mol. The molecule has 3 rings (SSSR count). The molecule has 0 saturated carbocycles. The number of esters is 2. The lowest BCUT2D eigenvalue weighted by Crippen LogP contribution is -2.28. The van der Waals surface area contributed by atoms with E-state index in [-0.39, 0.29) is 18.9 Å². The van der Waals surface area contributed by atoms with Gasteiger partial charge in [-0.1, -0.05) is 19.1 Å². The van der Waals surface area contributed by atoms with E-state index in [4.69, 9.17) is 14.2 Å². The summed E-state index contributed by atoms with van der Waals surface area (Å²) in [5, 5.41) is 2.60. The maximum absolute atomic E-state index is 12.5. The quantitative estimate of drug-likeness (QED) is 0.533. The number of nitrogens with zero attached hydrogens (tertiary/aromatic N) is 1. The summed E-state index contributed by atoms with van der Waals surface area (Å²) in [6.45, 7) is 4.21. The van der Waals surface area contributed by atoms with Gasteiger partial charge in [0.15, 0.2) is 6.61 Å². The van der Waals surface area contributed by atoms with Crippen LogP contribution in [0, 0.1) is 5.92 Å². The van der Waals surface area contributed by atoms with Crippen LogP contribution in [0.2, 0.25) is 0 Å². The number of hydrogen-bond acceptors (Lipinski definition) is 7. The standard InChI is InChI=1S/C25H28N2O7/c1-3-13-33-24(30)17-9-11-19(12-10-17)26-22(28)16-34-25(31)18-14-23(29)27(15-18)20-7-5-6-8-21(20)32-4-2/h5-12,18H,3-4,13-16H2,1-2H3,(H,26,28)/t18-/m1/s1. The van der Waals surface area contributed by atoms with E-state index in [2.05, 4.69) is 5.32 Å². The number of amides is 2. The minimum absolute atomic E-state index is 0.00347. The maximum Gasteiger partial charge on any atom is 0.338 e. The molecular formula is C25H28N2O7. The summed E-state index contributed by atoms with van der Waals surface area (Å²) in [4.78, 5) is 50.5. The molecule has 0 aliphatic carbocycles. The second-order valence-electron chi connectivity index (χ2n) is 7.68. The lowest BCUT2D eigenvalue weighted by Gasteiger charge is -2.19. The highest BCUT2D eigenvalue weighted by Crippen LogP contribution is 2.33. The largest absolute Gasteiger partial charge is 0.492 e. The van der Waals surface area contributed by atoms with E-state index in [9.17, 15) is 19.2 Å². The first-order valence-electron chi connectivity index (χ1n) is 11.2. The van der Waals surface area contributed by atoms with Gasteiger partial charge in [0, 0.05) is 18.7 Å². The van der Waals surface area contributed by atoms with Crippen LogP contribution in [0.4, 0.5) is 11.4 Å². The number of ether oxygens (including phenoxy) is 3. The van der Waals surface area contributed by atoms with Crippen molar-refractivity contribution in [2.75, 3.05) is 36.6 Å². The third-order valence-electron chi connectivity index (χ3n) is 5.10. The van der Waals surface area contributed by atoms with Crippen LogP contribution >= 0.6 is 0 Å². The second-order valence-corrected chi connectivity index (χ2v) is 7.68. The molecule has 0 aromatic heterocycles. The van der Waals surface area contributed by atoms with Crippen LogP contribution in [0.15, 0.2) is 48.5 Å². The molecule has 180 valence electrons. The summed E-state index contributed by atoms with van der Waals surface area (Å²) in [6.07, 6.45) is 0.725. The van der Waals surface area contributed by atoms with Crippen molar-refractivity contribution in [1.82, 2.24) is 0 Å². The van der Waals surface area contributed by atoms with Gasteiger partial charge < -0.3 is 24.4 Å². The Morgan fingerprint density at radius 3 is 2.47 bits per heavy atom. The molecule has 1 heterocycles. The summed E-state index contributed by atoms with van der Waals surface area (Å²) in [5.41, 5.74) is 1.42. The van der Waals surface area contributed by atoms with Crippen LogP contribution < -0.4 is 15.0 Å². The molecule has 1 atom stereocenters. The van der Waals surface area contributed by atoms with E-state index >= 15 is 0 Å². The van der Waals surface area contributed by atoms with Crippen molar-refractivity contribution in [3.63, 3.8) is 0 Å². The third-order valence-corrected chi connectivity index (χ3v) is 5.10. The minimum atomic E-state index is -0.677. The van der Waals surface area contributed by atoms with Gasteiger partial charge >= 0.3 is 11.9 Å². The van der Waals surface area contributed by atoms with Crippen molar-refractivity contribution in [2.24, 2.45) is 5.92 Å². The van der Waals surface area contributed by atoms with Gasteiger partial charge in [-0.3, -0.25) is 14.4 Å².